The van der Waals surface area contributed by atoms with Gasteiger partial charge in [0, 0.05) is 18.2 Å². The number of phenols is 1. The maximum absolute atomic E-state index is 11.3. The largest absolute Gasteiger partial charge is 0.508 e. The number of aromatic hydroxyl groups is 1. The molecule has 0 spiro atoms. The molecule has 2 aliphatic rings. The van der Waals surface area contributed by atoms with Crippen LogP contribution in [0.15, 0.2) is 52.9 Å². The third-order valence-electron chi connectivity index (χ3n) is 5.96. The van der Waals surface area contributed by atoms with Crippen molar-refractivity contribution in [3.8, 4) is 5.75 Å². The molecule has 5 nitrogen and oxygen atoms in total. The predicted molar refractivity (Wildman–Crippen MR) is 97.6 cm³/mol. The highest BCUT2D eigenvalue weighted by Crippen LogP contribution is 2.46. The number of piperidine rings is 1. The molecule has 2 fully saturated rings. The minimum absolute atomic E-state index is 0.186. The molecule has 0 saturated carbocycles. The summed E-state index contributed by atoms with van der Waals surface area (Å²) < 4.78 is 5.84. The van der Waals surface area contributed by atoms with Crippen molar-refractivity contribution in [2.24, 2.45) is 0 Å². The van der Waals surface area contributed by atoms with Crippen molar-refractivity contribution in [3.63, 3.8) is 0 Å². The average Bonchev–Trinajstić information content (AvgIpc) is 3.14. The first kappa shape index (κ1) is 15.9. The Morgan fingerprint density at radius 2 is 1.81 bits per heavy atom. The van der Waals surface area contributed by atoms with Crippen molar-refractivity contribution in [1.82, 2.24) is 9.88 Å². The van der Waals surface area contributed by atoms with Crippen LogP contribution in [-0.2, 0) is 12.1 Å². The van der Waals surface area contributed by atoms with Crippen LogP contribution in [0.3, 0.4) is 0 Å². The van der Waals surface area contributed by atoms with Crippen molar-refractivity contribution in [2.75, 3.05) is 0 Å². The van der Waals surface area contributed by atoms with E-state index in [1.54, 1.807) is 18.2 Å². The smallest absolute Gasteiger partial charge is 0.209 e. The Kier molecular flexibility index (Phi) is 3.55. The van der Waals surface area contributed by atoms with Crippen molar-refractivity contribution in [1.29, 1.82) is 0 Å². The van der Waals surface area contributed by atoms with Gasteiger partial charge in [0.15, 0.2) is 5.58 Å². The molecule has 1 aromatic heterocycles. The molecule has 0 radical (unpaired) electrons. The van der Waals surface area contributed by atoms with Crippen molar-refractivity contribution < 1.29 is 14.6 Å². The van der Waals surface area contributed by atoms with Gasteiger partial charge in [-0.3, -0.25) is 4.90 Å². The number of rotatable bonds is 3. The van der Waals surface area contributed by atoms with Crippen molar-refractivity contribution >= 4 is 11.1 Å². The maximum Gasteiger partial charge on any atom is 0.209 e. The van der Waals surface area contributed by atoms with Crippen LogP contribution in [0.2, 0.25) is 0 Å². The van der Waals surface area contributed by atoms with Gasteiger partial charge in [0.05, 0.1) is 12.1 Å². The van der Waals surface area contributed by atoms with E-state index in [0.717, 1.165) is 36.8 Å². The predicted octanol–water partition coefficient (Wildman–Crippen LogP) is 3.55. The second-order valence-electron chi connectivity index (χ2n) is 7.62. The van der Waals surface area contributed by atoms with E-state index in [9.17, 15) is 10.2 Å². The number of hydrogen-bond acceptors (Lipinski definition) is 5. The Morgan fingerprint density at radius 3 is 2.54 bits per heavy atom. The number of oxazole rings is 1. The van der Waals surface area contributed by atoms with Crippen LogP contribution in [0, 0.1) is 0 Å². The van der Waals surface area contributed by atoms with E-state index in [1.165, 1.54) is 0 Å². The number of fused-ring (bicyclic) bond motifs is 3. The molecule has 2 aromatic carbocycles. The summed E-state index contributed by atoms with van der Waals surface area (Å²) in [5, 5.41) is 20.9. The number of phenolic OH excluding ortho intramolecular Hbond substituents is 1. The third-order valence-corrected chi connectivity index (χ3v) is 5.96. The van der Waals surface area contributed by atoms with E-state index in [-0.39, 0.29) is 5.75 Å². The van der Waals surface area contributed by atoms with Gasteiger partial charge in [-0.2, -0.15) is 0 Å². The number of aromatic nitrogens is 1. The second kappa shape index (κ2) is 5.83. The fraction of sp³-hybridized carbons (Fsp3) is 0.381. The molecule has 2 saturated heterocycles. The molecule has 26 heavy (non-hydrogen) atoms. The van der Waals surface area contributed by atoms with Gasteiger partial charge in [-0.05, 0) is 43.4 Å². The lowest BCUT2D eigenvalue weighted by Crippen LogP contribution is -2.49. The zero-order valence-electron chi connectivity index (χ0n) is 14.5. The normalized spacial score (nSPS) is 28.7. The SMILES string of the molecule is Oc1ccc2nc(CN3C4CCC3CC(O)(c3ccccc3)C4)oc2c1. The zero-order valence-corrected chi connectivity index (χ0v) is 14.5. The molecule has 5 rings (SSSR count). The molecule has 3 aromatic rings. The quantitative estimate of drug-likeness (QED) is 0.756. The summed E-state index contributed by atoms with van der Waals surface area (Å²) in [5.74, 6) is 0.860. The number of aliphatic hydroxyl groups is 1. The molecule has 0 amide bonds. The Hall–Kier alpha value is -2.37. The van der Waals surface area contributed by atoms with Gasteiger partial charge < -0.3 is 14.6 Å². The van der Waals surface area contributed by atoms with Crippen LogP contribution in [0.4, 0.5) is 0 Å². The summed E-state index contributed by atoms with van der Waals surface area (Å²) in [4.78, 5) is 6.99. The Bertz CT molecular complexity index is 923. The van der Waals surface area contributed by atoms with Gasteiger partial charge in [0.25, 0.3) is 0 Å². The Morgan fingerprint density at radius 1 is 1.08 bits per heavy atom. The van der Waals surface area contributed by atoms with Gasteiger partial charge in [0.2, 0.25) is 5.89 Å². The standard InChI is InChI=1S/C21H22N2O3/c24-17-8-9-18-19(10-17)26-20(22-18)13-23-15-6-7-16(23)12-21(25,11-15)14-4-2-1-3-5-14/h1-5,8-10,15-16,24-25H,6-7,11-13H2. The van der Waals surface area contributed by atoms with Crippen LogP contribution >= 0.6 is 0 Å². The van der Waals surface area contributed by atoms with Crippen LogP contribution < -0.4 is 0 Å². The van der Waals surface area contributed by atoms with Gasteiger partial charge >= 0.3 is 0 Å². The second-order valence-corrected chi connectivity index (χ2v) is 7.62. The molecule has 2 aliphatic heterocycles. The fourth-order valence-corrected chi connectivity index (χ4v) is 4.74. The summed E-state index contributed by atoms with van der Waals surface area (Å²) in [6.45, 7) is 0.648. The molecule has 0 aliphatic carbocycles. The van der Waals surface area contributed by atoms with Gasteiger partial charge in [-0.25, -0.2) is 4.98 Å². The Labute approximate surface area is 151 Å². The van der Waals surface area contributed by atoms with Crippen LogP contribution in [0.5, 0.6) is 5.75 Å². The van der Waals surface area contributed by atoms with E-state index in [1.807, 2.05) is 30.3 Å². The minimum Gasteiger partial charge on any atom is -0.508 e. The lowest BCUT2D eigenvalue weighted by molar-refractivity contribution is -0.0612. The summed E-state index contributed by atoms with van der Waals surface area (Å²) in [7, 11) is 0. The maximum atomic E-state index is 11.3. The first-order valence-electron chi connectivity index (χ1n) is 9.23. The van der Waals surface area contributed by atoms with E-state index < -0.39 is 5.60 Å². The molecule has 3 heterocycles. The zero-order chi connectivity index (χ0) is 17.7. The number of nitrogens with zero attached hydrogens (tertiary/aromatic N) is 2. The van der Waals surface area contributed by atoms with Gasteiger partial charge in [-0.1, -0.05) is 30.3 Å². The summed E-state index contributed by atoms with van der Waals surface area (Å²) in [6.07, 6.45) is 3.69. The summed E-state index contributed by atoms with van der Waals surface area (Å²) in [6, 6.07) is 15.7. The van der Waals surface area contributed by atoms with Crippen LogP contribution in [0.1, 0.15) is 37.1 Å². The third kappa shape index (κ3) is 2.59. The molecule has 134 valence electrons. The highest BCUT2D eigenvalue weighted by atomic mass is 16.3. The van der Waals surface area contributed by atoms with E-state index in [0.29, 0.717) is 30.1 Å². The number of benzene rings is 2. The van der Waals surface area contributed by atoms with Crippen molar-refractivity contribution in [2.45, 2.75) is 49.9 Å². The van der Waals surface area contributed by atoms with E-state index >= 15 is 0 Å². The first-order valence-corrected chi connectivity index (χ1v) is 9.23. The molecule has 2 bridgehead atoms. The average molecular weight is 350 g/mol. The topological polar surface area (TPSA) is 69.7 Å². The lowest BCUT2D eigenvalue weighted by atomic mass is 9.80. The fourth-order valence-electron chi connectivity index (χ4n) is 4.74. The number of hydrogen-bond donors (Lipinski definition) is 2. The molecule has 2 atom stereocenters. The summed E-state index contributed by atoms with van der Waals surface area (Å²) >= 11 is 0. The van der Waals surface area contributed by atoms with Gasteiger partial charge in [0.1, 0.15) is 11.3 Å². The van der Waals surface area contributed by atoms with Crippen LogP contribution in [-0.4, -0.2) is 32.2 Å². The minimum atomic E-state index is -0.739. The molecule has 2 N–H and O–H groups in total. The molecule has 5 heteroatoms. The van der Waals surface area contributed by atoms with Crippen molar-refractivity contribution in [3.05, 3.63) is 60.0 Å². The lowest BCUT2D eigenvalue weighted by Gasteiger charge is -2.43. The monoisotopic (exact) mass is 350 g/mol. The first-order chi connectivity index (χ1) is 12.6. The van der Waals surface area contributed by atoms with E-state index in [2.05, 4.69) is 9.88 Å². The molecule has 2 unspecified atom stereocenters. The molecular weight excluding hydrogens is 328 g/mol. The van der Waals surface area contributed by atoms with Gasteiger partial charge in [-0.15, -0.1) is 0 Å². The Balaban J connectivity index is 1.38. The molecular formula is C21H22N2O3. The highest BCUT2D eigenvalue weighted by molar-refractivity contribution is 5.74. The van der Waals surface area contributed by atoms with E-state index in [4.69, 9.17) is 4.42 Å². The summed E-state index contributed by atoms with van der Waals surface area (Å²) in [5.41, 5.74) is 1.67. The highest BCUT2D eigenvalue weighted by Gasteiger charge is 2.48. The van der Waals surface area contributed by atoms with Crippen LogP contribution in [0.25, 0.3) is 11.1 Å².